The number of nitrogens with zero attached hydrogens (tertiary/aromatic N) is 2. The highest BCUT2D eigenvalue weighted by Gasteiger charge is 2.23. The number of nitrogens with one attached hydrogen (secondary N) is 2. The van der Waals surface area contributed by atoms with Crippen LogP contribution in [0.4, 0.5) is 0 Å². The van der Waals surface area contributed by atoms with Crippen molar-refractivity contribution in [3.63, 3.8) is 0 Å². The molecule has 1 aromatic rings. The molecule has 7 nitrogen and oxygen atoms in total. The Morgan fingerprint density at radius 1 is 1.37 bits per heavy atom. The van der Waals surface area contributed by atoms with Crippen LogP contribution in [0.15, 0.2) is 33.7 Å². The zero-order valence-corrected chi connectivity index (χ0v) is 17.3. The van der Waals surface area contributed by atoms with Crippen LogP contribution in [0.1, 0.15) is 36.5 Å². The molecule has 1 atom stereocenters. The average molecular weight is 438 g/mol. The number of hydrogen-bond donors (Lipinski definition) is 3. The van der Waals surface area contributed by atoms with E-state index < -0.39 is 0 Å². The van der Waals surface area contributed by atoms with Gasteiger partial charge in [-0.2, -0.15) is 0 Å². The highest BCUT2D eigenvalue weighted by molar-refractivity contribution is 9.10. The van der Waals surface area contributed by atoms with Crippen molar-refractivity contribution in [1.29, 1.82) is 0 Å². The molecule has 2 rings (SSSR count). The van der Waals surface area contributed by atoms with Crippen molar-refractivity contribution in [2.24, 2.45) is 16.6 Å². The Morgan fingerprint density at radius 2 is 2.19 bits per heavy atom. The van der Waals surface area contributed by atoms with Gasteiger partial charge in [0.25, 0.3) is 5.91 Å². The van der Waals surface area contributed by atoms with E-state index in [2.05, 4.69) is 36.5 Å². The minimum atomic E-state index is -0.251. The largest absolute Gasteiger partial charge is 0.370 e. The van der Waals surface area contributed by atoms with Gasteiger partial charge in [-0.15, -0.1) is 0 Å². The average Bonchev–Trinajstić information content (AvgIpc) is 2.63. The molecule has 27 heavy (non-hydrogen) atoms. The fourth-order valence-electron chi connectivity index (χ4n) is 3.20. The fourth-order valence-corrected chi connectivity index (χ4v) is 3.60. The molecule has 0 bridgehead atoms. The molecular weight excluding hydrogens is 410 g/mol. The Kier molecular flexibility index (Phi) is 8.57. The number of primary amides is 1. The summed E-state index contributed by atoms with van der Waals surface area (Å²) in [5.41, 5.74) is 5.96. The molecule has 4 N–H and O–H groups in total. The van der Waals surface area contributed by atoms with E-state index in [4.69, 9.17) is 5.73 Å². The van der Waals surface area contributed by atoms with Gasteiger partial charge in [0.05, 0.1) is 6.54 Å². The van der Waals surface area contributed by atoms with E-state index in [1.165, 1.54) is 0 Å². The third-order valence-electron chi connectivity index (χ3n) is 4.39. The third kappa shape index (κ3) is 7.21. The maximum absolute atomic E-state index is 12.2. The van der Waals surface area contributed by atoms with E-state index in [1.54, 1.807) is 12.1 Å². The first-order chi connectivity index (χ1) is 13.0. The number of nitrogens with two attached hydrogens (primary N) is 1. The summed E-state index contributed by atoms with van der Waals surface area (Å²) in [4.78, 5) is 30.2. The number of piperidine rings is 1. The fraction of sp³-hybridized carbons (Fsp3) is 0.526. The molecule has 1 heterocycles. The second-order valence-electron chi connectivity index (χ2n) is 6.63. The SMILES string of the molecule is CCNC(=NCCNC(=O)c1cccc(Br)c1)N1CCCC(CC(N)=O)C1. The Hall–Kier alpha value is -2.09. The highest BCUT2D eigenvalue weighted by Crippen LogP contribution is 2.19. The molecule has 1 unspecified atom stereocenters. The quantitative estimate of drug-likeness (QED) is 0.343. The molecule has 0 aromatic heterocycles. The van der Waals surface area contributed by atoms with Gasteiger partial charge in [0.15, 0.2) is 5.96 Å². The number of amides is 2. The summed E-state index contributed by atoms with van der Waals surface area (Å²) in [6, 6.07) is 7.28. The van der Waals surface area contributed by atoms with Crippen molar-refractivity contribution < 1.29 is 9.59 Å². The first-order valence-corrected chi connectivity index (χ1v) is 10.1. The monoisotopic (exact) mass is 437 g/mol. The van der Waals surface area contributed by atoms with Crippen LogP contribution in [0.25, 0.3) is 0 Å². The van der Waals surface area contributed by atoms with Crippen molar-refractivity contribution in [1.82, 2.24) is 15.5 Å². The summed E-state index contributed by atoms with van der Waals surface area (Å²) in [5.74, 6) is 0.731. The van der Waals surface area contributed by atoms with E-state index in [9.17, 15) is 9.59 Å². The van der Waals surface area contributed by atoms with Gasteiger partial charge in [0, 0.05) is 42.6 Å². The van der Waals surface area contributed by atoms with Gasteiger partial charge in [-0.05, 0) is 43.9 Å². The summed E-state index contributed by atoms with van der Waals surface area (Å²) in [6.07, 6.45) is 2.45. The number of hydrogen-bond acceptors (Lipinski definition) is 3. The Labute approximate surface area is 168 Å². The smallest absolute Gasteiger partial charge is 0.251 e. The second-order valence-corrected chi connectivity index (χ2v) is 7.54. The maximum Gasteiger partial charge on any atom is 0.251 e. The first kappa shape index (κ1) is 21.2. The molecule has 1 fully saturated rings. The van der Waals surface area contributed by atoms with Crippen LogP contribution in [0.2, 0.25) is 0 Å². The molecule has 0 spiro atoms. The van der Waals surface area contributed by atoms with E-state index in [0.717, 1.165) is 42.9 Å². The van der Waals surface area contributed by atoms with E-state index >= 15 is 0 Å². The van der Waals surface area contributed by atoms with Gasteiger partial charge in [-0.3, -0.25) is 14.6 Å². The number of carbonyl (C=O) groups excluding carboxylic acids is 2. The molecule has 1 saturated heterocycles. The van der Waals surface area contributed by atoms with Gasteiger partial charge >= 0.3 is 0 Å². The lowest BCUT2D eigenvalue weighted by molar-refractivity contribution is -0.119. The van der Waals surface area contributed by atoms with Crippen LogP contribution in [0, 0.1) is 5.92 Å². The standard InChI is InChI=1S/C19H28BrN5O2/c1-2-22-19(25-10-4-5-14(13-25)11-17(21)26)24-9-8-23-18(27)15-6-3-7-16(20)12-15/h3,6-7,12,14H,2,4-5,8-11,13H2,1H3,(H2,21,26)(H,22,24)(H,23,27). The Balaban J connectivity index is 1.87. The molecule has 1 aliphatic rings. The van der Waals surface area contributed by atoms with Crippen LogP contribution < -0.4 is 16.4 Å². The highest BCUT2D eigenvalue weighted by atomic mass is 79.9. The summed E-state index contributed by atoms with van der Waals surface area (Å²) >= 11 is 3.37. The van der Waals surface area contributed by atoms with Gasteiger partial charge in [-0.25, -0.2) is 0 Å². The molecule has 0 saturated carbocycles. The lowest BCUT2D eigenvalue weighted by Gasteiger charge is -2.34. The van der Waals surface area contributed by atoms with Gasteiger partial charge in [-0.1, -0.05) is 22.0 Å². The summed E-state index contributed by atoms with van der Waals surface area (Å²) in [7, 11) is 0. The molecule has 0 aliphatic carbocycles. The molecule has 0 radical (unpaired) electrons. The number of rotatable bonds is 7. The van der Waals surface area contributed by atoms with Gasteiger partial charge in [0.2, 0.25) is 5.91 Å². The zero-order valence-electron chi connectivity index (χ0n) is 15.7. The summed E-state index contributed by atoms with van der Waals surface area (Å²) in [6.45, 7) is 5.41. The third-order valence-corrected chi connectivity index (χ3v) is 4.88. The van der Waals surface area contributed by atoms with Crippen LogP contribution in [0.3, 0.4) is 0 Å². The van der Waals surface area contributed by atoms with Crippen molar-refractivity contribution in [3.05, 3.63) is 34.3 Å². The number of guanidine groups is 1. The van der Waals surface area contributed by atoms with Crippen molar-refractivity contribution in [2.75, 3.05) is 32.7 Å². The number of aliphatic imine (C=N–C) groups is 1. The van der Waals surface area contributed by atoms with E-state index in [0.29, 0.717) is 25.1 Å². The van der Waals surface area contributed by atoms with Gasteiger partial charge in [0.1, 0.15) is 0 Å². The first-order valence-electron chi connectivity index (χ1n) is 9.35. The number of carbonyl (C=O) groups is 2. The van der Waals surface area contributed by atoms with Crippen molar-refractivity contribution in [2.45, 2.75) is 26.2 Å². The number of halogens is 1. The molecular formula is C19H28BrN5O2. The minimum Gasteiger partial charge on any atom is -0.370 e. The predicted molar refractivity (Wildman–Crippen MR) is 111 cm³/mol. The number of likely N-dealkylation sites (tertiary alicyclic amines) is 1. The lowest BCUT2D eigenvalue weighted by Crippen LogP contribution is -2.47. The van der Waals surface area contributed by atoms with Crippen LogP contribution >= 0.6 is 15.9 Å². The Morgan fingerprint density at radius 3 is 2.89 bits per heavy atom. The van der Waals surface area contributed by atoms with E-state index in [-0.39, 0.29) is 17.7 Å². The normalized spacial score (nSPS) is 17.5. The summed E-state index contributed by atoms with van der Waals surface area (Å²) in [5, 5.41) is 6.18. The van der Waals surface area contributed by atoms with Crippen molar-refractivity contribution >= 4 is 33.7 Å². The van der Waals surface area contributed by atoms with E-state index in [1.807, 2.05) is 19.1 Å². The van der Waals surface area contributed by atoms with Crippen LogP contribution in [0.5, 0.6) is 0 Å². The Bertz CT molecular complexity index is 680. The lowest BCUT2D eigenvalue weighted by atomic mass is 9.95. The molecule has 8 heteroatoms. The number of benzene rings is 1. The maximum atomic E-state index is 12.2. The van der Waals surface area contributed by atoms with Gasteiger partial charge < -0.3 is 21.3 Å². The van der Waals surface area contributed by atoms with Crippen molar-refractivity contribution in [3.8, 4) is 0 Å². The predicted octanol–water partition coefficient (Wildman–Crippen LogP) is 1.73. The van der Waals surface area contributed by atoms with Crippen LogP contribution in [-0.2, 0) is 4.79 Å². The summed E-state index contributed by atoms with van der Waals surface area (Å²) < 4.78 is 0.873. The topological polar surface area (TPSA) is 99.8 Å². The minimum absolute atomic E-state index is 0.115. The zero-order chi connectivity index (χ0) is 19.6. The molecule has 1 aromatic carbocycles. The molecule has 148 valence electrons. The molecule has 1 aliphatic heterocycles. The van der Waals surface area contributed by atoms with Crippen LogP contribution in [-0.4, -0.2) is 55.4 Å². The molecule has 2 amide bonds. The second kappa shape index (κ2) is 10.9.